The van der Waals surface area contributed by atoms with Gasteiger partial charge in [0.15, 0.2) is 11.5 Å². The minimum atomic E-state index is -4.78. The van der Waals surface area contributed by atoms with Gasteiger partial charge in [-0.15, -0.1) is 13.2 Å². The van der Waals surface area contributed by atoms with Crippen LogP contribution in [0.4, 0.5) is 13.2 Å². The van der Waals surface area contributed by atoms with Gasteiger partial charge in [0.1, 0.15) is 5.75 Å². The normalized spacial score (nSPS) is 11.2. The number of pyridine rings is 1. The highest BCUT2D eigenvalue weighted by Crippen LogP contribution is 2.38. The Morgan fingerprint density at radius 3 is 2.21 bits per heavy atom. The quantitative estimate of drug-likeness (QED) is 0.616. The summed E-state index contributed by atoms with van der Waals surface area (Å²) in [6.07, 6.45) is -3.16. The Morgan fingerprint density at radius 1 is 0.931 bits per heavy atom. The molecule has 1 heterocycles. The van der Waals surface area contributed by atoms with Crippen LogP contribution in [0.2, 0.25) is 0 Å². The van der Waals surface area contributed by atoms with Gasteiger partial charge in [0.2, 0.25) is 0 Å². The number of aryl methyl sites for hydroxylation is 1. The van der Waals surface area contributed by atoms with Gasteiger partial charge in [-0.1, -0.05) is 12.1 Å². The van der Waals surface area contributed by atoms with Gasteiger partial charge < -0.3 is 14.2 Å². The molecule has 0 amide bonds. The highest BCUT2D eigenvalue weighted by atomic mass is 19.4. The SMILES string of the molecule is COc1cccc(-c2cn(-c3ccc(OC(F)(F)F)cc3)c(=O)cc2C)c1OC. The molecule has 1 aromatic heterocycles. The Balaban J connectivity index is 2.09. The van der Waals surface area contributed by atoms with E-state index >= 15 is 0 Å². The number of benzene rings is 2. The molecule has 2 aromatic carbocycles. The molecule has 0 aliphatic rings. The third-order valence-corrected chi connectivity index (χ3v) is 4.30. The average Bonchev–Trinajstić information content (AvgIpc) is 2.67. The Bertz CT molecular complexity index is 1070. The fourth-order valence-corrected chi connectivity index (χ4v) is 3.02. The number of ether oxygens (including phenoxy) is 3. The van der Waals surface area contributed by atoms with Crippen molar-refractivity contribution in [2.24, 2.45) is 0 Å². The highest BCUT2D eigenvalue weighted by Gasteiger charge is 2.31. The Morgan fingerprint density at radius 2 is 1.62 bits per heavy atom. The molecule has 8 heteroatoms. The molecule has 0 saturated heterocycles. The molecule has 0 unspecified atom stereocenters. The Kier molecular flexibility index (Phi) is 5.54. The minimum absolute atomic E-state index is 0.322. The summed E-state index contributed by atoms with van der Waals surface area (Å²) < 4.78 is 53.1. The molecular formula is C21H18F3NO4. The third-order valence-electron chi connectivity index (χ3n) is 4.30. The van der Waals surface area contributed by atoms with E-state index in [2.05, 4.69) is 4.74 Å². The second-order valence-electron chi connectivity index (χ2n) is 6.16. The lowest BCUT2D eigenvalue weighted by atomic mass is 10.0. The molecule has 0 spiro atoms. The molecule has 152 valence electrons. The molecule has 29 heavy (non-hydrogen) atoms. The molecule has 3 aromatic rings. The number of hydrogen-bond donors (Lipinski definition) is 0. The number of nitrogens with zero attached hydrogens (tertiary/aromatic N) is 1. The summed E-state index contributed by atoms with van der Waals surface area (Å²) in [6.45, 7) is 1.79. The van der Waals surface area contributed by atoms with Crippen LogP contribution >= 0.6 is 0 Å². The van der Waals surface area contributed by atoms with Crippen molar-refractivity contribution in [2.75, 3.05) is 14.2 Å². The summed E-state index contributed by atoms with van der Waals surface area (Å²) in [7, 11) is 3.05. The van der Waals surface area contributed by atoms with Crippen LogP contribution in [0.1, 0.15) is 5.56 Å². The first-order valence-corrected chi connectivity index (χ1v) is 8.54. The van der Waals surface area contributed by atoms with E-state index in [1.54, 1.807) is 25.3 Å². The number of rotatable bonds is 5. The number of hydrogen-bond acceptors (Lipinski definition) is 4. The molecule has 0 aliphatic heterocycles. The van der Waals surface area contributed by atoms with E-state index in [0.717, 1.165) is 28.8 Å². The van der Waals surface area contributed by atoms with E-state index in [9.17, 15) is 18.0 Å². The number of methoxy groups -OCH3 is 2. The predicted octanol–water partition coefficient (Wildman–Crippen LogP) is 4.73. The zero-order valence-electron chi connectivity index (χ0n) is 15.9. The average molecular weight is 405 g/mol. The van der Waals surface area contributed by atoms with Gasteiger partial charge in [0.05, 0.1) is 14.2 Å². The van der Waals surface area contributed by atoms with Gasteiger partial charge >= 0.3 is 6.36 Å². The van der Waals surface area contributed by atoms with Gasteiger partial charge in [0, 0.05) is 29.1 Å². The molecule has 0 saturated carbocycles. The van der Waals surface area contributed by atoms with E-state index < -0.39 is 6.36 Å². The monoisotopic (exact) mass is 405 g/mol. The molecule has 3 rings (SSSR count). The first kappa shape index (κ1) is 20.3. The van der Waals surface area contributed by atoms with Gasteiger partial charge in [-0.2, -0.15) is 0 Å². The van der Waals surface area contributed by atoms with Crippen LogP contribution in [-0.4, -0.2) is 25.1 Å². The summed E-state index contributed by atoms with van der Waals surface area (Å²) in [5.41, 5.74) is 2.23. The van der Waals surface area contributed by atoms with E-state index in [0.29, 0.717) is 17.2 Å². The van der Waals surface area contributed by atoms with Crippen LogP contribution < -0.4 is 19.8 Å². The largest absolute Gasteiger partial charge is 0.573 e. The summed E-state index contributed by atoms with van der Waals surface area (Å²) in [4.78, 5) is 12.5. The van der Waals surface area contributed by atoms with Crippen LogP contribution in [-0.2, 0) is 0 Å². The molecule has 5 nitrogen and oxygen atoms in total. The van der Waals surface area contributed by atoms with Gasteiger partial charge in [-0.3, -0.25) is 9.36 Å². The van der Waals surface area contributed by atoms with E-state index in [4.69, 9.17) is 9.47 Å². The van der Waals surface area contributed by atoms with Crippen LogP contribution in [0.5, 0.6) is 17.2 Å². The smallest absolute Gasteiger partial charge is 0.493 e. The zero-order valence-corrected chi connectivity index (χ0v) is 15.9. The first-order valence-electron chi connectivity index (χ1n) is 8.54. The molecule has 0 radical (unpaired) electrons. The lowest BCUT2D eigenvalue weighted by Crippen LogP contribution is -2.19. The maximum atomic E-state index is 12.5. The van der Waals surface area contributed by atoms with Crippen LogP contribution in [0.25, 0.3) is 16.8 Å². The van der Waals surface area contributed by atoms with Crippen molar-refractivity contribution in [2.45, 2.75) is 13.3 Å². The third kappa shape index (κ3) is 4.37. The van der Waals surface area contributed by atoms with Crippen LogP contribution in [0.3, 0.4) is 0 Å². The van der Waals surface area contributed by atoms with Crippen molar-refractivity contribution >= 4 is 0 Å². The highest BCUT2D eigenvalue weighted by molar-refractivity contribution is 5.75. The molecule has 0 fully saturated rings. The predicted molar refractivity (Wildman–Crippen MR) is 102 cm³/mol. The van der Waals surface area contributed by atoms with Crippen molar-refractivity contribution in [3.63, 3.8) is 0 Å². The maximum Gasteiger partial charge on any atom is 0.573 e. The summed E-state index contributed by atoms with van der Waals surface area (Å²) in [6, 6.07) is 11.9. The van der Waals surface area contributed by atoms with Crippen molar-refractivity contribution in [1.29, 1.82) is 0 Å². The van der Waals surface area contributed by atoms with Gasteiger partial charge in [-0.25, -0.2) is 0 Å². The van der Waals surface area contributed by atoms with Crippen molar-refractivity contribution in [3.05, 3.63) is 70.6 Å². The summed E-state index contributed by atoms with van der Waals surface area (Å²) in [5, 5.41) is 0. The Labute approximate surface area is 164 Å². The second kappa shape index (κ2) is 7.90. The summed E-state index contributed by atoms with van der Waals surface area (Å²) in [5.74, 6) is 0.684. The van der Waals surface area contributed by atoms with E-state index in [1.165, 1.54) is 37.0 Å². The fraction of sp³-hybridized carbons (Fsp3) is 0.190. The standard InChI is InChI=1S/C21H18F3NO4/c1-13-11-19(26)25(14-7-9-15(10-8-14)29-21(22,23)24)12-17(13)16-5-4-6-18(27-2)20(16)28-3/h4-12H,1-3H3. The van der Waals surface area contributed by atoms with Crippen molar-refractivity contribution in [3.8, 4) is 34.1 Å². The van der Waals surface area contributed by atoms with Crippen molar-refractivity contribution in [1.82, 2.24) is 4.57 Å². The van der Waals surface area contributed by atoms with E-state index in [1.807, 2.05) is 6.07 Å². The van der Waals surface area contributed by atoms with Crippen LogP contribution in [0, 0.1) is 6.92 Å². The topological polar surface area (TPSA) is 49.7 Å². The van der Waals surface area contributed by atoms with Crippen LogP contribution in [0.15, 0.2) is 59.5 Å². The summed E-state index contributed by atoms with van der Waals surface area (Å²) >= 11 is 0. The zero-order chi connectivity index (χ0) is 21.2. The number of halogens is 3. The molecule has 0 N–H and O–H groups in total. The number of para-hydroxylation sites is 1. The second-order valence-corrected chi connectivity index (χ2v) is 6.16. The first-order chi connectivity index (χ1) is 13.7. The van der Waals surface area contributed by atoms with Gasteiger partial charge in [-0.05, 0) is 42.8 Å². The minimum Gasteiger partial charge on any atom is -0.493 e. The number of aromatic nitrogens is 1. The van der Waals surface area contributed by atoms with E-state index in [-0.39, 0.29) is 11.3 Å². The lowest BCUT2D eigenvalue weighted by molar-refractivity contribution is -0.274. The Hall–Kier alpha value is -3.42. The maximum absolute atomic E-state index is 12.5. The molecule has 0 atom stereocenters. The molecular weight excluding hydrogens is 387 g/mol. The molecule has 0 bridgehead atoms. The van der Waals surface area contributed by atoms with Gasteiger partial charge in [0.25, 0.3) is 5.56 Å². The van der Waals surface area contributed by atoms with Crippen molar-refractivity contribution < 1.29 is 27.4 Å². The fourth-order valence-electron chi connectivity index (χ4n) is 3.02. The molecule has 0 aliphatic carbocycles. The number of alkyl halides is 3. The lowest BCUT2D eigenvalue weighted by Gasteiger charge is -2.16.